The molecule has 0 radical (unpaired) electrons. The van der Waals surface area contributed by atoms with Gasteiger partial charge in [-0.25, -0.2) is 13.1 Å². The van der Waals surface area contributed by atoms with Gasteiger partial charge in [0.05, 0.1) is 17.1 Å². The number of ether oxygens (including phenoxy) is 2. The highest BCUT2D eigenvalue weighted by Crippen LogP contribution is 2.18. The van der Waals surface area contributed by atoms with Gasteiger partial charge in [0.1, 0.15) is 12.4 Å². The third-order valence-electron chi connectivity index (χ3n) is 3.72. The second-order valence-electron chi connectivity index (χ2n) is 6.55. The number of carbonyl (C=O) groups excluding carboxylic acids is 1. The van der Waals surface area contributed by atoms with Gasteiger partial charge in [0.25, 0.3) is 5.91 Å². The number of hydrogen-bond donors (Lipinski definition) is 3. The number of thiocarbonyl (C=S) groups is 1. The van der Waals surface area contributed by atoms with Gasteiger partial charge in [-0.15, -0.1) is 0 Å². The van der Waals surface area contributed by atoms with Gasteiger partial charge in [0, 0.05) is 18.8 Å². The fraction of sp³-hybridized carbons (Fsp3) is 0.300. The Balaban J connectivity index is 2.00. The lowest BCUT2D eigenvalue weighted by atomic mass is 10.2. The summed E-state index contributed by atoms with van der Waals surface area (Å²) in [4.78, 5) is 12.7. The summed E-state index contributed by atoms with van der Waals surface area (Å²) in [7, 11) is -2.01. The number of hydrogen-bond acceptors (Lipinski definition) is 6. The summed E-state index contributed by atoms with van der Waals surface area (Å²) >= 11 is 5.19. The molecule has 1 amide bonds. The van der Waals surface area contributed by atoms with Gasteiger partial charge in [0.15, 0.2) is 5.11 Å². The topological polar surface area (TPSA) is 106 Å². The highest BCUT2D eigenvalue weighted by atomic mass is 32.2. The van der Waals surface area contributed by atoms with E-state index < -0.39 is 15.9 Å². The van der Waals surface area contributed by atoms with E-state index in [0.29, 0.717) is 30.2 Å². The zero-order valence-corrected chi connectivity index (χ0v) is 18.6. The van der Waals surface area contributed by atoms with Crippen LogP contribution in [-0.4, -0.2) is 45.8 Å². The Morgan fingerprint density at radius 2 is 1.73 bits per heavy atom. The molecule has 2 rings (SSSR count). The summed E-state index contributed by atoms with van der Waals surface area (Å²) in [5.74, 6) is -0.0112. The molecule has 0 unspecified atom stereocenters. The predicted molar refractivity (Wildman–Crippen MR) is 119 cm³/mol. The van der Waals surface area contributed by atoms with E-state index in [1.807, 2.05) is 0 Å². The number of carbonyl (C=O) groups is 1. The van der Waals surface area contributed by atoms with Crippen molar-refractivity contribution in [2.75, 3.05) is 25.6 Å². The highest BCUT2D eigenvalue weighted by molar-refractivity contribution is 7.89. The first-order valence-electron chi connectivity index (χ1n) is 9.18. The van der Waals surface area contributed by atoms with E-state index in [4.69, 9.17) is 21.7 Å². The molecule has 10 heteroatoms. The van der Waals surface area contributed by atoms with E-state index in [-0.39, 0.29) is 16.0 Å². The van der Waals surface area contributed by atoms with Crippen LogP contribution in [0.2, 0.25) is 0 Å². The molecule has 3 N–H and O–H groups in total. The summed E-state index contributed by atoms with van der Waals surface area (Å²) in [6, 6.07) is 12.6. The number of amides is 1. The van der Waals surface area contributed by atoms with Crippen molar-refractivity contribution in [3.05, 3.63) is 54.1 Å². The molecule has 0 bridgehead atoms. The lowest BCUT2D eigenvalue weighted by Crippen LogP contribution is -2.34. The Labute approximate surface area is 182 Å². The number of sulfonamides is 1. The summed E-state index contributed by atoms with van der Waals surface area (Å²) in [6.07, 6.45) is 0. The quantitative estimate of drug-likeness (QED) is 0.397. The van der Waals surface area contributed by atoms with Crippen LogP contribution in [0.15, 0.2) is 53.4 Å². The summed E-state index contributed by atoms with van der Waals surface area (Å²) < 4.78 is 37.4. The molecular formula is C20H25N3O5S2. The Bertz CT molecular complexity index is 976. The minimum absolute atomic E-state index is 0.0719. The maximum absolute atomic E-state index is 12.5. The van der Waals surface area contributed by atoms with E-state index in [1.165, 1.54) is 12.1 Å². The van der Waals surface area contributed by atoms with Crippen LogP contribution >= 0.6 is 12.2 Å². The molecule has 0 saturated carbocycles. The standard InChI is InChI=1S/C20H25N3O5S2/c1-14(2)23-30(25,26)16-10-8-15(9-11-16)21-20(29)22-19(24)17-6-4-5-7-18(17)28-13-12-27-3/h4-11,14,23H,12-13H2,1-3H3,(H2,21,22,24,29). The molecule has 30 heavy (non-hydrogen) atoms. The van der Waals surface area contributed by atoms with Crippen LogP contribution < -0.4 is 20.1 Å². The van der Waals surface area contributed by atoms with Crippen molar-refractivity contribution in [1.82, 2.24) is 10.0 Å². The largest absolute Gasteiger partial charge is 0.490 e. The van der Waals surface area contributed by atoms with Gasteiger partial charge in [-0.05, 0) is 62.5 Å². The maximum atomic E-state index is 12.5. The fourth-order valence-electron chi connectivity index (χ4n) is 2.44. The Kier molecular flexibility index (Phi) is 8.72. The predicted octanol–water partition coefficient (Wildman–Crippen LogP) is 2.53. The summed E-state index contributed by atoms with van der Waals surface area (Å²) in [6.45, 7) is 4.20. The van der Waals surface area contributed by atoms with E-state index in [1.54, 1.807) is 57.4 Å². The molecule has 0 aromatic heterocycles. The van der Waals surface area contributed by atoms with Crippen molar-refractivity contribution < 1.29 is 22.7 Å². The lowest BCUT2D eigenvalue weighted by Gasteiger charge is -2.13. The molecule has 2 aromatic carbocycles. The molecule has 0 aliphatic rings. The molecule has 0 fully saturated rings. The Morgan fingerprint density at radius 3 is 2.37 bits per heavy atom. The monoisotopic (exact) mass is 451 g/mol. The molecule has 0 aliphatic heterocycles. The van der Waals surface area contributed by atoms with Crippen LogP contribution in [0.3, 0.4) is 0 Å². The van der Waals surface area contributed by atoms with Gasteiger partial charge >= 0.3 is 0 Å². The Hall–Kier alpha value is -2.53. The first-order valence-corrected chi connectivity index (χ1v) is 11.1. The zero-order valence-electron chi connectivity index (χ0n) is 17.0. The maximum Gasteiger partial charge on any atom is 0.261 e. The third kappa shape index (κ3) is 7.06. The third-order valence-corrected chi connectivity index (χ3v) is 5.60. The minimum Gasteiger partial charge on any atom is -0.490 e. The summed E-state index contributed by atoms with van der Waals surface area (Å²) in [5.41, 5.74) is 0.868. The molecule has 0 spiro atoms. The molecule has 0 atom stereocenters. The number of nitrogens with one attached hydrogen (secondary N) is 3. The fourth-order valence-corrected chi connectivity index (χ4v) is 3.91. The number of methoxy groups -OCH3 is 1. The highest BCUT2D eigenvalue weighted by Gasteiger charge is 2.16. The number of para-hydroxylation sites is 1. The second-order valence-corrected chi connectivity index (χ2v) is 8.67. The van der Waals surface area contributed by atoms with Crippen molar-refractivity contribution in [3.63, 3.8) is 0 Å². The second kappa shape index (κ2) is 11.0. The van der Waals surface area contributed by atoms with Crippen LogP contribution in [0.5, 0.6) is 5.75 Å². The first kappa shape index (κ1) is 23.7. The van der Waals surface area contributed by atoms with Crippen molar-refractivity contribution in [2.24, 2.45) is 0 Å². The average Bonchev–Trinajstić information content (AvgIpc) is 2.68. The van der Waals surface area contributed by atoms with E-state index >= 15 is 0 Å². The SMILES string of the molecule is COCCOc1ccccc1C(=O)NC(=S)Nc1ccc(S(=O)(=O)NC(C)C)cc1. The van der Waals surface area contributed by atoms with Gasteiger partial charge in [0.2, 0.25) is 10.0 Å². The smallest absolute Gasteiger partial charge is 0.261 e. The van der Waals surface area contributed by atoms with E-state index in [0.717, 1.165) is 0 Å². The first-order chi connectivity index (χ1) is 14.2. The average molecular weight is 452 g/mol. The van der Waals surface area contributed by atoms with Gasteiger partial charge in [-0.3, -0.25) is 10.1 Å². The molecule has 8 nitrogen and oxygen atoms in total. The summed E-state index contributed by atoms with van der Waals surface area (Å²) in [5, 5.41) is 5.52. The molecule has 0 aliphatic carbocycles. The molecule has 0 saturated heterocycles. The van der Waals surface area contributed by atoms with Gasteiger partial charge < -0.3 is 14.8 Å². The van der Waals surface area contributed by atoms with Crippen molar-refractivity contribution in [3.8, 4) is 5.75 Å². The van der Waals surface area contributed by atoms with Crippen molar-refractivity contribution >= 4 is 38.9 Å². The molecular weight excluding hydrogens is 426 g/mol. The van der Waals surface area contributed by atoms with E-state index in [2.05, 4.69) is 15.4 Å². The van der Waals surface area contributed by atoms with Gasteiger partial charge in [-0.2, -0.15) is 0 Å². The van der Waals surface area contributed by atoms with Crippen LogP contribution in [-0.2, 0) is 14.8 Å². The number of anilines is 1. The molecule has 2 aromatic rings. The zero-order chi connectivity index (χ0) is 22.1. The van der Waals surface area contributed by atoms with Crippen LogP contribution in [0.4, 0.5) is 5.69 Å². The van der Waals surface area contributed by atoms with Gasteiger partial charge in [-0.1, -0.05) is 12.1 Å². The number of benzene rings is 2. The molecule has 0 heterocycles. The minimum atomic E-state index is -3.58. The van der Waals surface area contributed by atoms with Crippen LogP contribution in [0.25, 0.3) is 0 Å². The normalized spacial score (nSPS) is 11.2. The lowest BCUT2D eigenvalue weighted by molar-refractivity contribution is 0.0970. The van der Waals surface area contributed by atoms with E-state index in [9.17, 15) is 13.2 Å². The number of rotatable bonds is 9. The Morgan fingerprint density at radius 1 is 1.07 bits per heavy atom. The molecule has 162 valence electrons. The van der Waals surface area contributed by atoms with Crippen LogP contribution in [0.1, 0.15) is 24.2 Å². The van der Waals surface area contributed by atoms with Crippen LogP contribution in [0, 0.1) is 0 Å². The van der Waals surface area contributed by atoms with Crippen molar-refractivity contribution in [2.45, 2.75) is 24.8 Å². The van der Waals surface area contributed by atoms with Crippen molar-refractivity contribution in [1.29, 1.82) is 0 Å².